The van der Waals surface area contributed by atoms with Crippen molar-refractivity contribution >= 4 is 5.69 Å². The smallest absolute Gasteiger partial charge is 0.142 e. The van der Waals surface area contributed by atoms with Crippen molar-refractivity contribution in [3.05, 3.63) is 23.8 Å². The first kappa shape index (κ1) is 15.2. The fourth-order valence-corrected chi connectivity index (χ4v) is 2.90. The number of nitrogen functional groups attached to an aromatic ring is 1. The first-order valence-electron chi connectivity index (χ1n) is 7.96. The fraction of sp³-hybridized carbons (Fsp3) is 0.647. The van der Waals surface area contributed by atoms with Crippen LogP contribution in [-0.2, 0) is 6.42 Å². The molecule has 1 aliphatic rings. The van der Waals surface area contributed by atoms with E-state index >= 15 is 0 Å². The van der Waals surface area contributed by atoms with E-state index in [1.54, 1.807) is 0 Å². The van der Waals surface area contributed by atoms with Crippen molar-refractivity contribution in [2.24, 2.45) is 0 Å². The van der Waals surface area contributed by atoms with Crippen LogP contribution >= 0.6 is 0 Å². The predicted molar refractivity (Wildman–Crippen MR) is 85.2 cm³/mol. The summed E-state index contributed by atoms with van der Waals surface area (Å²) in [5.41, 5.74) is 8.15. The molecule has 1 heterocycles. The van der Waals surface area contributed by atoms with Crippen LogP contribution in [0.3, 0.4) is 0 Å². The van der Waals surface area contributed by atoms with E-state index in [1.807, 2.05) is 6.07 Å². The number of hydrogen-bond acceptors (Lipinski definition) is 3. The number of nitrogens with two attached hydrogens (primary N) is 1. The Morgan fingerprint density at radius 1 is 1.25 bits per heavy atom. The maximum absolute atomic E-state index is 6.08. The minimum atomic E-state index is 0.595. The van der Waals surface area contributed by atoms with E-state index < -0.39 is 0 Å². The highest BCUT2D eigenvalue weighted by molar-refractivity contribution is 5.54. The van der Waals surface area contributed by atoms with Crippen LogP contribution in [0, 0.1) is 0 Å². The number of ether oxygens (including phenoxy) is 1. The van der Waals surface area contributed by atoms with Gasteiger partial charge in [-0.1, -0.05) is 19.4 Å². The van der Waals surface area contributed by atoms with Gasteiger partial charge in [0.2, 0.25) is 0 Å². The Hall–Kier alpha value is -1.22. The number of anilines is 1. The average molecular weight is 276 g/mol. The molecule has 1 unspecified atom stereocenters. The van der Waals surface area contributed by atoms with Gasteiger partial charge in [-0.3, -0.25) is 0 Å². The van der Waals surface area contributed by atoms with Gasteiger partial charge in [-0.25, -0.2) is 0 Å². The number of hydrogen-bond donors (Lipinski definition) is 1. The van der Waals surface area contributed by atoms with Gasteiger partial charge in [0.15, 0.2) is 0 Å². The second-order valence-electron chi connectivity index (χ2n) is 5.87. The molecule has 0 radical (unpaired) electrons. The number of rotatable bonds is 6. The summed E-state index contributed by atoms with van der Waals surface area (Å²) >= 11 is 0. The van der Waals surface area contributed by atoms with Crippen LogP contribution in [-0.4, -0.2) is 30.6 Å². The molecule has 112 valence electrons. The number of likely N-dealkylation sites (tertiary alicyclic amines) is 1. The topological polar surface area (TPSA) is 38.5 Å². The van der Waals surface area contributed by atoms with Gasteiger partial charge in [0, 0.05) is 6.04 Å². The van der Waals surface area contributed by atoms with Crippen LogP contribution < -0.4 is 10.5 Å². The Bertz CT molecular complexity index is 413. The van der Waals surface area contributed by atoms with Gasteiger partial charge in [-0.15, -0.1) is 0 Å². The first-order valence-corrected chi connectivity index (χ1v) is 7.96. The highest BCUT2D eigenvalue weighted by Crippen LogP contribution is 2.24. The van der Waals surface area contributed by atoms with Crippen LogP contribution in [0.1, 0.15) is 45.1 Å². The molecule has 1 atom stereocenters. The zero-order valence-electron chi connectivity index (χ0n) is 12.9. The maximum atomic E-state index is 6.08. The molecule has 1 aromatic rings. The zero-order valence-corrected chi connectivity index (χ0v) is 12.9. The summed E-state index contributed by atoms with van der Waals surface area (Å²) in [6, 6.07) is 6.84. The van der Waals surface area contributed by atoms with Gasteiger partial charge in [-0.05, 0) is 63.4 Å². The summed E-state index contributed by atoms with van der Waals surface area (Å²) in [5, 5.41) is 0. The Labute approximate surface area is 123 Å². The highest BCUT2D eigenvalue weighted by Gasteiger charge is 2.17. The van der Waals surface area contributed by atoms with Gasteiger partial charge in [-0.2, -0.15) is 0 Å². The molecule has 1 aliphatic heterocycles. The molecular weight excluding hydrogens is 248 g/mol. The van der Waals surface area contributed by atoms with E-state index in [0.29, 0.717) is 6.04 Å². The molecule has 0 amide bonds. The van der Waals surface area contributed by atoms with E-state index in [4.69, 9.17) is 10.5 Å². The van der Waals surface area contributed by atoms with Gasteiger partial charge < -0.3 is 15.4 Å². The lowest BCUT2D eigenvalue weighted by Crippen LogP contribution is -2.38. The summed E-state index contributed by atoms with van der Waals surface area (Å²) in [5.74, 6) is 0.821. The van der Waals surface area contributed by atoms with Crippen molar-refractivity contribution in [3.63, 3.8) is 0 Å². The van der Waals surface area contributed by atoms with Gasteiger partial charge in [0.05, 0.1) is 12.3 Å². The van der Waals surface area contributed by atoms with Gasteiger partial charge in [0.1, 0.15) is 5.75 Å². The summed E-state index contributed by atoms with van der Waals surface area (Å²) in [6.07, 6.45) is 6.15. The highest BCUT2D eigenvalue weighted by atomic mass is 16.5. The molecule has 3 heteroatoms. The molecule has 0 aliphatic carbocycles. The van der Waals surface area contributed by atoms with E-state index in [0.717, 1.165) is 30.9 Å². The Morgan fingerprint density at radius 2 is 2.00 bits per heavy atom. The summed E-state index contributed by atoms with van der Waals surface area (Å²) in [6.45, 7) is 7.64. The Morgan fingerprint density at radius 3 is 2.65 bits per heavy atom. The van der Waals surface area contributed by atoms with Crippen molar-refractivity contribution in [3.8, 4) is 5.75 Å². The van der Waals surface area contributed by atoms with Crippen LogP contribution in [0.5, 0.6) is 5.75 Å². The zero-order chi connectivity index (χ0) is 14.4. The maximum Gasteiger partial charge on any atom is 0.142 e. The van der Waals surface area contributed by atoms with Crippen molar-refractivity contribution < 1.29 is 4.74 Å². The van der Waals surface area contributed by atoms with E-state index in [1.165, 1.54) is 37.9 Å². The van der Waals surface area contributed by atoms with Crippen molar-refractivity contribution in [2.75, 3.05) is 25.4 Å². The third-order valence-electron chi connectivity index (χ3n) is 4.08. The van der Waals surface area contributed by atoms with Crippen molar-refractivity contribution in [1.29, 1.82) is 0 Å². The molecule has 0 saturated carbocycles. The third-order valence-corrected chi connectivity index (χ3v) is 4.08. The lowest BCUT2D eigenvalue weighted by Gasteiger charge is -2.32. The van der Waals surface area contributed by atoms with E-state index in [-0.39, 0.29) is 0 Å². The predicted octanol–water partition coefficient (Wildman–Crippen LogP) is 3.47. The largest absolute Gasteiger partial charge is 0.491 e. The number of piperidine rings is 1. The van der Waals surface area contributed by atoms with Gasteiger partial charge in [0.25, 0.3) is 0 Å². The molecule has 1 saturated heterocycles. The Balaban J connectivity index is 1.93. The first-order chi connectivity index (χ1) is 9.70. The standard InChI is InChI=1S/C17H28N2O/c1-3-11-20-17-8-7-15(13-16(17)18)12-14(2)19-9-5-4-6-10-19/h7-8,13-14H,3-6,9-12,18H2,1-2H3. The summed E-state index contributed by atoms with van der Waals surface area (Å²) < 4.78 is 5.63. The summed E-state index contributed by atoms with van der Waals surface area (Å²) in [7, 11) is 0. The molecule has 20 heavy (non-hydrogen) atoms. The molecule has 2 rings (SSSR count). The monoisotopic (exact) mass is 276 g/mol. The molecule has 0 spiro atoms. The number of nitrogens with zero attached hydrogens (tertiary/aromatic N) is 1. The van der Waals surface area contributed by atoms with E-state index in [9.17, 15) is 0 Å². The Kier molecular flexibility index (Phi) is 5.72. The minimum Gasteiger partial charge on any atom is -0.491 e. The lowest BCUT2D eigenvalue weighted by molar-refractivity contribution is 0.173. The minimum absolute atomic E-state index is 0.595. The normalized spacial score (nSPS) is 17.9. The van der Waals surface area contributed by atoms with Crippen LogP contribution in [0.25, 0.3) is 0 Å². The molecule has 3 nitrogen and oxygen atoms in total. The third kappa shape index (κ3) is 4.14. The molecule has 1 fully saturated rings. The van der Waals surface area contributed by atoms with Gasteiger partial charge >= 0.3 is 0 Å². The van der Waals surface area contributed by atoms with Crippen molar-refractivity contribution in [1.82, 2.24) is 4.90 Å². The van der Waals surface area contributed by atoms with Crippen molar-refractivity contribution in [2.45, 2.75) is 52.0 Å². The molecule has 1 aromatic carbocycles. The molecule has 0 bridgehead atoms. The SMILES string of the molecule is CCCOc1ccc(CC(C)N2CCCCC2)cc1N. The summed E-state index contributed by atoms with van der Waals surface area (Å²) in [4.78, 5) is 2.60. The second-order valence-corrected chi connectivity index (χ2v) is 5.87. The van der Waals surface area contributed by atoms with E-state index in [2.05, 4.69) is 30.9 Å². The second kappa shape index (κ2) is 7.53. The molecule has 0 aromatic heterocycles. The quantitative estimate of drug-likeness (QED) is 0.809. The lowest BCUT2D eigenvalue weighted by atomic mass is 10.0. The van der Waals surface area contributed by atoms with Crippen LogP contribution in [0.4, 0.5) is 5.69 Å². The van der Waals surface area contributed by atoms with Crippen LogP contribution in [0.15, 0.2) is 18.2 Å². The molecule has 2 N–H and O–H groups in total. The molecular formula is C17H28N2O. The van der Waals surface area contributed by atoms with Crippen LogP contribution in [0.2, 0.25) is 0 Å². The average Bonchev–Trinajstić information content (AvgIpc) is 2.47. The fourth-order valence-electron chi connectivity index (χ4n) is 2.90. The number of benzene rings is 1.